The maximum atomic E-state index is 14.6. The summed E-state index contributed by atoms with van der Waals surface area (Å²) in [4.78, 5) is 29.4. The van der Waals surface area contributed by atoms with Crippen molar-refractivity contribution in [2.75, 3.05) is 39.9 Å². The van der Waals surface area contributed by atoms with E-state index in [4.69, 9.17) is 28.4 Å². The molecule has 0 aliphatic carbocycles. The maximum absolute atomic E-state index is 14.6. The number of hydrogen-bond acceptors (Lipinski definition) is 15. The molecule has 14 nitrogen and oxygen atoms in total. The van der Waals surface area contributed by atoms with E-state index in [1.165, 1.54) is 32.9 Å². The van der Waals surface area contributed by atoms with E-state index in [0.29, 0.717) is 70.2 Å². The molecule has 15 heteroatoms. The predicted molar refractivity (Wildman–Crippen MR) is 190 cm³/mol. The zero-order chi connectivity index (χ0) is 37.1. The Kier molecular flexibility index (Phi) is 7.98. The molecule has 280 valence electrons. The number of aromatic hydroxyl groups is 2. The van der Waals surface area contributed by atoms with Crippen molar-refractivity contribution < 1.29 is 53.3 Å². The van der Waals surface area contributed by atoms with Crippen molar-refractivity contribution >= 4 is 23.7 Å². The number of esters is 2. The second kappa shape index (κ2) is 12.3. The number of phenolic OH excluding ortho intramolecular Hbond substituents is 2. The van der Waals surface area contributed by atoms with Gasteiger partial charge in [-0.15, -0.1) is 11.8 Å². The van der Waals surface area contributed by atoms with Gasteiger partial charge in [-0.1, -0.05) is 6.07 Å². The van der Waals surface area contributed by atoms with Gasteiger partial charge in [0.15, 0.2) is 40.0 Å². The third kappa shape index (κ3) is 4.80. The van der Waals surface area contributed by atoms with Gasteiger partial charge in [0.1, 0.15) is 18.6 Å². The van der Waals surface area contributed by atoms with Gasteiger partial charge >= 0.3 is 11.9 Å². The Morgan fingerprint density at radius 2 is 1.81 bits per heavy atom. The molecule has 3 aromatic carbocycles. The first-order chi connectivity index (χ1) is 25.5. The van der Waals surface area contributed by atoms with Crippen LogP contribution in [0, 0.1) is 13.8 Å². The minimum Gasteiger partial charge on any atom is -0.504 e. The van der Waals surface area contributed by atoms with Gasteiger partial charge in [-0.2, -0.15) is 0 Å². The van der Waals surface area contributed by atoms with E-state index in [1.807, 2.05) is 24.8 Å². The van der Waals surface area contributed by atoms with Gasteiger partial charge in [0, 0.05) is 47.5 Å². The topological polar surface area (TPSA) is 178 Å². The van der Waals surface area contributed by atoms with Crippen LogP contribution in [-0.2, 0) is 32.7 Å². The van der Waals surface area contributed by atoms with Crippen LogP contribution in [0.1, 0.15) is 68.8 Å². The van der Waals surface area contributed by atoms with Crippen LogP contribution in [0.25, 0.3) is 0 Å². The SMILES string of the molecule is COc1cc2c(cc1O)CCN[C@@]21CS[C@H]2c3c(OC(C)=O)c(C)c4c(c3[C@@H](COC1=O)N1[C@H]2[C@@H]2N[C@@H](Cc3cc(C)c(OC)c(O)c32)[C@@H]1O)OCO4. The van der Waals surface area contributed by atoms with E-state index in [0.717, 1.165) is 16.7 Å². The Labute approximate surface area is 309 Å². The summed E-state index contributed by atoms with van der Waals surface area (Å²) < 4.78 is 35.8. The lowest BCUT2D eigenvalue weighted by Crippen LogP contribution is -2.69. The molecule has 0 aromatic heterocycles. The Bertz CT molecular complexity index is 2090. The number of methoxy groups -OCH3 is 2. The molecular formula is C38H41N3O11S. The first-order valence-electron chi connectivity index (χ1n) is 17.7. The highest BCUT2D eigenvalue weighted by molar-refractivity contribution is 7.99. The number of phenols is 2. The fourth-order valence-electron chi connectivity index (χ4n) is 9.60. The Balaban J connectivity index is 1.31. The number of aliphatic hydroxyl groups excluding tert-OH is 1. The average molecular weight is 748 g/mol. The van der Waals surface area contributed by atoms with E-state index in [2.05, 4.69) is 10.6 Å². The van der Waals surface area contributed by atoms with Crippen molar-refractivity contribution in [3.05, 3.63) is 62.7 Å². The first-order valence-corrected chi connectivity index (χ1v) is 18.7. The molecule has 0 unspecified atom stereocenters. The van der Waals surface area contributed by atoms with Gasteiger partial charge in [-0.05, 0) is 61.1 Å². The molecular weight excluding hydrogens is 706 g/mol. The van der Waals surface area contributed by atoms with Gasteiger partial charge in [-0.3, -0.25) is 15.0 Å². The molecule has 2 saturated heterocycles. The molecule has 2 fully saturated rings. The second-order valence-corrected chi connectivity index (χ2v) is 15.6. The second-order valence-electron chi connectivity index (χ2n) is 14.5. The highest BCUT2D eigenvalue weighted by atomic mass is 32.2. The minimum atomic E-state index is -1.36. The number of fused-ring (bicyclic) bond motifs is 9. The van der Waals surface area contributed by atoms with E-state index in [9.17, 15) is 24.9 Å². The number of piperazine rings is 1. The number of aryl methyl sites for hydroxylation is 1. The Morgan fingerprint density at radius 3 is 2.57 bits per heavy atom. The van der Waals surface area contributed by atoms with Gasteiger partial charge in [0.05, 0.1) is 37.6 Å². The number of nitrogens with one attached hydrogen (secondary N) is 2. The highest BCUT2D eigenvalue weighted by Gasteiger charge is 2.60. The number of carbonyl (C=O) groups is 2. The van der Waals surface area contributed by atoms with Crippen LogP contribution in [0.5, 0.6) is 40.2 Å². The van der Waals surface area contributed by atoms with Crippen LogP contribution >= 0.6 is 11.8 Å². The Hall–Kier alpha value is -4.41. The fourth-order valence-corrected chi connectivity index (χ4v) is 11.3. The smallest absolute Gasteiger partial charge is 0.331 e. The molecule has 3 aromatic rings. The molecule has 4 bridgehead atoms. The van der Waals surface area contributed by atoms with Gasteiger partial charge in [0.25, 0.3) is 0 Å². The van der Waals surface area contributed by atoms with Crippen molar-refractivity contribution in [1.29, 1.82) is 0 Å². The number of rotatable bonds is 3. The van der Waals surface area contributed by atoms with Crippen LogP contribution in [0.3, 0.4) is 0 Å². The molecule has 7 atom stereocenters. The van der Waals surface area contributed by atoms with Crippen molar-refractivity contribution in [2.24, 2.45) is 0 Å². The lowest BCUT2D eigenvalue weighted by molar-refractivity contribution is -0.164. The monoisotopic (exact) mass is 747 g/mol. The van der Waals surface area contributed by atoms with Crippen molar-refractivity contribution in [3.8, 4) is 40.2 Å². The lowest BCUT2D eigenvalue weighted by Gasteiger charge is -2.59. The average Bonchev–Trinajstić information content (AvgIpc) is 3.63. The zero-order valence-electron chi connectivity index (χ0n) is 29.9. The number of benzene rings is 3. The molecule has 1 spiro atoms. The van der Waals surface area contributed by atoms with E-state index >= 15 is 0 Å². The summed E-state index contributed by atoms with van der Waals surface area (Å²) in [6, 6.07) is 2.99. The number of carbonyl (C=O) groups excluding carboxylic acids is 2. The summed E-state index contributed by atoms with van der Waals surface area (Å²) in [6.07, 6.45) is -0.0673. The molecule has 7 aliphatic rings. The third-order valence-corrected chi connectivity index (χ3v) is 13.2. The standard InChI is InChI=1S/C38H41N3O11S/c1-15-8-19-9-21-36(45)41-22-12-49-37(46)38(20-11-24(47-4)23(43)10-18(20)6-7-39-38)13-53-35(29(41)28(40-21)25(19)30(44)31(15)48-5)27-26(22)34-33(50-14-51-34)16(2)32(27)52-17(3)42/h8,10-11,21-22,28-29,35-36,39-40,43-45H,6-7,9,12-14H2,1-5H3/t21-,22+,28+,29-,35-,36-,38-/m0/s1. The van der Waals surface area contributed by atoms with Crippen LogP contribution in [0.4, 0.5) is 0 Å². The normalized spacial score (nSPS) is 29.4. The summed E-state index contributed by atoms with van der Waals surface area (Å²) in [6.45, 7) is 5.23. The van der Waals surface area contributed by atoms with Crippen LogP contribution in [0.2, 0.25) is 0 Å². The van der Waals surface area contributed by atoms with Gasteiger partial charge in [0.2, 0.25) is 6.79 Å². The molecule has 5 N–H and O–H groups in total. The quantitative estimate of drug-likeness (QED) is 0.195. The summed E-state index contributed by atoms with van der Waals surface area (Å²) in [5, 5.41) is 41.5. The number of nitrogens with zero attached hydrogens (tertiary/aromatic N) is 1. The highest BCUT2D eigenvalue weighted by Crippen LogP contribution is 2.63. The predicted octanol–water partition coefficient (Wildman–Crippen LogP) is 3.07. The summed E-state index contributed by atoms with van der Waals surface area (Å²) in [7, 11) is 2.98. The maximum Gasteiger partial charge on any atom is 0.331 e. The van der Waals surface area contributed by atoms with Crippen molar-refractivity contribution in [3.63, 3.8) is 0 Å². The summed E-state index contributed by atoms with van der Waals surface area (Å²) >= 11 is 1.45. The largest absolute Gasteiger partial charge is 0.504 e. The van der Waals surface area contributed by atoms with E-state index < -0.39 is 53.1 Å². The summed E-state index contributed by atoms with van der Waals surface area (Å²) in [5.41, 5.74) is 4.27. The number of ether oxygens (including phenoxy) is 6. The molecule has 53 heavy (non-hydrogen) atoms. The lowest BCUT2D eigenvalue weighted by atomic mass is 9.74. The van der Waals surface area contributed by atoms with Gasteiger partial charge in [-0.25, -0.2) is 4.79 Å². The van der Waals surface area contributed by atoms with Crippen molar-refractivity contribution in [2.45, 2.75) is 74.8 Å². The first kappa shape index (κ1) is 34.4. The van der Waals surface area contributed by atoms with E-state index in [1.54, 1.807) is 12.1 Å². The molecule has 7 heterocycles. The number of aliphatic hydroxyl groups is 1. The van der Waals surface area contributed by atoms with Crippen LogP contribution in [-0.4, -0.2) is 90.4 Å². The van der Waals surface area contributed by atoms with Gasteiger partial charge < -0.3 is 49.1 Å². The fraction of sp³-hybridized carbons (Fsp3) is 0.474. The minimum absolute atomic E-state index is 0.0210. The molecule has 10 rings (SSSR count). The number of hydrogen-bond donors (Lipinski definition) is 5. The third-order valence-electron chi connectivity index (χ3n) is 11.8. The molecule has 0 saturated carbocycles. The molecule has 0 radical (unpaired) electrons. The van der Waals surface area contributed by atoms with Crippen LogP contribution < -0.4 is 34.3 Å². The number of thioether (sulfide) groups is 1. The van der Waals surface area contributed by atoms with Crippen molar-refractivity contribution in [1.82, 2.24) is 15.5 Å². The summed E-state index contributed by atoms with van der Waals surface area (Å²) in [5.74, 6) is 0.890. The Morgan fingerprint density at radius 1 is 1.02 bits per heavy atom. The molecule has 7 aliphatic heterocycles. The molecule has 0 amide bonds. The zero-order valence-corrected chi connectivity index (χ0v) is 30.7. The van der Waals surface area contributed by atoms with Crippen LogP contribution in [0.15, 0.2) is 18.2 Å². The van der Waals surface area contributed by atoms with E-state index in [-0.39, 0.29) is 36.4 Å².